The van der Waals surface area contributed by atoms with Gasteiger partial charge in [0.25, 0.3) is 0 Å². The van der Waals surface area contributed by atoms with Crippen LogP contribution in [0, 0.1) is 5.92 Å². The lowest BCUT2D eigenvalue weighted by atomic mass is 10.1. The van der Waals surface area contributed by atoms with Crippen molar-refractivity contribution < 1.29 is 9.90 Å². The van der Waals surface area contributed by atoms with Crippen LogP contribution < -0.4 is 0 Å². The van der Waals surface area contributed by atoms with Crippen LogP contribution in [0.3, 0.4) is 0 Å². The molecule has 0 aromatic heterocycles. The number of carbonyl (C=O) groups is 1. The third-order valence-electron chi connectivity index (χ3n) is 4.55. The molecule has 0 saturated carbocycles. The molecule has 1 heterocycles. The summed E-state index contributed by atoms with van der Waals surface area (Å²) < 4.78 is 0. The summed E-state index contributed by atoms with van der Waals surface area (Å²) in [7, 11) is 0. The average molecular weight is 324 g/mol. The van der Waals surface area contributed by atoms with Crippen molar-refractivity contribution >= 4 is 5.78 Å². The minimum Gasteiger partial charge on any atom is -0.396 e. The second-order valence-electron chi connectivity index (χ2n) is 6.35. The second kappa shape index (κ2) is 8.20. The molecule has 0 unspecified atom stereocenters. The van der Waals surface area contributed by atoms with Gasteiger partial charge in [0.15, 0.2) is 5.78 Å². The van der Waals surface area contributed by atoms with Crippen molar-refractivity contribution in [3.63, 3.8) is 0 Å². The zero-order chi connectivity index (χ0) is 16.8. The Balaban J connectivity index is 1.73. The average Bonchev–Trinajstić information content (AvgIpc) is 3.12. The molecule has 1 atom stereocenters. The number of carbonyl (C=O) groups excluding carboxylic acids is 1. The van der Waals surface area contributed by atoms with Gasteiger partial charge in [-0.3, -0.25) is 4.79 Å². The zero-order valence-corrected chi connectivity index (χ0v) is 13.8. The highest BCUT2D eigenvalue weighted by Gasteiger charge is 2.27. The molecule has 126 valence electrons. The maximum Gasteiger partial charge on any atom is 0.178 e. The van der Waals surface area contributed by atoms with E-state index in [4.69, 9.17) is 0 Å². The van der Waals surface area contributed by atoms with Crippen LogP contribution in [-0.4, -0.2) is 47.1 Å². The maximum atomic E-state index is 12.6. The summed E-state index contributed by atoms with van der Waals surface area (Å²) in [6.45, 7) is 2.97. The molecule has 1 aliphatic rings. The van der Waals surface area contributed by atoms with E-state index in [-0.39, 0.29) is 12.4 Å². The number of aliphatic hydroxyl groups excluding tert-OH is 1. The summed E-state index contributed by atoms with van der Waals surface area (Å²) >= 11 is 0. The first-order chi connectivity index (χ1) is 11.8. The predicted octanol–water partition coefficient (Wildman–Crippen LogP) is 2.60. The first kappa shape index (κ1) is 16.8. The van der Waals surface area contributed by atoms with Gasteiger partial charge in [-0.05, 0) is 17.9 Å². The second-order valence-corrected chi connectivity index (χ2v) is 6.35. The third-order valence-corrected chi connectivity index (χ3v) is 4.55. The van der Waals surface area contributed by atoms with Gasteiger partial charge in [0, 0.05) is 31.8 Å². The van der Waals surface area contributed by atoms with Crippen molar-refractivity contribution in [2.24, 2.45) is 5.92 Å². The highest BCUT2D eigenvalue weighted by molar-refractivity contribution is 5.97. The van der Waals surface area contributed by atoms with Gasteiger partial charge < -0.3 is 5.11 Å². The lowest BCUT2D eigenvalue weighted by Gasteiger charge is -2.31. The molecule has 24 heavy (non-hydrogen) atoms. The molecule has 2 aromatic carbocycles. The van der Waals surface area contributed by atoms with Gasteiger partial charge >= 0.3 is 0 Å². The number of aliphatic hydroxyl groups is 1. The first-order valence-corrected chi connectivity index (χ1v) is 8.49. The van der Waals surface area contributed by atoms with Crippen molar-refractivity contribution in [3.05, 3.63) is 71.8 Å². The number of rotatable bonds is 7. The summed E-state index contributed by atoms with van der Waals surface area (Å²) in [6, 6.07) is 19.6. The van der Waals surface area contributed by atoms with Gasteiger partial charge in [0.1, 0.15) is 0 Å². The van der Waals surface area contributed by atoms with E-state index in [1.807, 2.05) is 48.5 Å². The number of nitrogens with zero attached hydrogens (tertiary/aromatic N) is 2. The molecule has 0 bridgehead atoms. The topological polar surface area (TPSA) is 43.8 Å². The van der Waals surface area contributed by atoms with Gasteiger partial charge in [-0.25, -0.2) is 10.0 Å². The Morgan fingerprint density at radius 2 is 1.75 bits per heavy atom. The fourth-order valence-corrected chi connectivity index (χ4v) is 3.15. The smallest absolute Gasteiger partial charge is 0.178 e. The Bertz CT molecular complexity index is 645. The molecule has 0 aliphatic carbocycles. The molecule has 1 fully saturated rings. The molecular weight excluding hydrogens is 300 g/mol. The van der Waals surface area contributed by atoms with Crippen molar-refractivity contribution in [2.45, 2.75) is 13.0 Å². The molecule has 4 nitrogen and oxygen atoms in total. The number of hydrazine groups is 1. The lowest BCUT2D eigenvalue weighted by molar-refractivity contribution is -0.0115. The third kappa shape index (κ3) is 4.29. The van der Waals surface area contributed by atoms with E-state index in [0.29, 0.717) is 19.0 Å². The first-order valence-electron chi connectivity index (χ1n) is 8.49. The molecule has 0 amide bonds. The summed E-state index contributed by atoms with van der Waals surface area (Å²) in [5.74, 6) is 0.425. The highest BCUT2D eigenvalue weighted by Crippen LogP contribution is 2.20. The molecule has 0 spiro atoms. The van der Waals surface area contributed by atoms with Crippen LogP contribution in [-0.2, 0) is 6.54 Å². The number of hydrogen-bond donors (Lipinski definition) is 1. The van der Waals surface area contributed by atoms with E-state index in [0.717, 1.165) is 25.1 Å². The summed E-state index contributed by atoms with van der Waals surface area (Å²) in [5, 5.41) is 13.7. The standard InChI is InChI=1S/C20H24N2O2/c23-16-18-11-12-21(14-18)22(13-17-7-3-1-4-8-17)15-20(24)19-9-5-2-6-10-19/h1-10,18,23H,11-16H2/t18-/m0/s1. The maximum absolute atomic E-state index is 12.6. The number of hydrogen-bond acceptors (Lipinski definition) is 4. The molecule has 2 aromatic rings. The summed E-state index contributed by atoms with van der Waals surface area (Å²) in [4.78, 5) is 12.6. The molecule has 0 radical (unpaired) electrons. The molecule has 3 rings (SSSR count). The number of benzene rings is 2. The SMILES string of the molecule is O=C(CN(Cc1ccccc1)N1CC[C@H](CO)C1)c1ccccc1. The summed E-state index contributed by atoms with van der Waals surface area (Å²) in [6.07, 6.45) is 0.974. The lowest BCUT2D eigenvalue weighted by Crippen LogP contribution is -2.43. The van der Waals surface area contributed by atoms with Gasteiger partial charge in [-0.2, -0.15) is 0 Å². The van der Waals surface area contributed by atoms with E-state index in [2.05, 4.69) is 22.2 Å². The van der Waals surface area contributed by atoms with Gasteiger partial charge in [-0.1, -0.05) is 60.7 Å². The number of Topliss-reactive ketones (excluding diaryl/α,β-unsaturated/α-hetero) is 1. The highest BCUT2D eigenvalue weighted by atomic mass is 16.3. The monoisotopic (exact) mass is 324 g/mol. The normalized spacial score (nSPS) is 18.2. The quantitative estimate of drug-likeness (QED) is 0.795. The molecular formula is C20H24N2O2. The van der Waals surface area contributed by atoms with Crippen molar-refractivity contribution in [1.82, 2.24) is 10.0 Å². The fraction of sp³-hybridized carbons (Fsp3) is 0.350. The van der Waals surface area contributed by atoms with Crippen molar-refractivity contribution in [2.75, 3.05) is 26.2 Å². The Morgan fingerprint density at radius 1 is 1.08 bits per heavy atom. The van der Waals surface area contributed by atoms with Crippen LogP contribution in [0.15, 0.2) is 60.7 Å². The van der Waals surface area contributed by atoms with Crippen molar-refractivity contribution in [1.29, 1.82) is 0 Å². The molecule has 1 aliphatic heterocycles. The van der Waals surface area contributed by atoms with Gasteiger partial charge in [0.05, 0.1) is 6.54 Å². The van der Waals surface area contributed by atoms with Gasteiger partial charge in [0.2, 0.25) is 0 Å². The van der Waals surface area contributed by atoms with Crippen LogP contribution in [0.4, 0.5) is 0 Å². The Hall–Kier alpha value is -2.01. The van der Waals surface area contributed by atoms with Crippen LogP contribution in [0.5, 0.6) is 0 Å². The van der Waals surface area contributed by atoms with Gasteiger partial charge in [-0.15, -0.1) is 0 Å². The molecule has 4 heteroatoms. The van der Waals surface area contributed by atoms with Crippen LogP contribution >= 0.6 is 0 Å². The number of ketones is 1. The van der Waals surface area contributed by atoms with Crippen LogP contribution in [0.2, 0.25) is 0 Å². The summed E-state index contributed by atoms with van der Waals surface area (Å²) in [5.41, 5.74) is 1.93. The van der Waals surface area contributed by atoms with E-state index < -0.39 is 0 Å². The van der Waals surface area contributed by atoms with E-state index in [1.54, 1.807) is 0 Å². The Morgan fingerprint density at radius 3 is 2.38 bits per heavy atom. The molecule has 1 N–H and O–H groups in total. The predicted molar refractivity (Wildman–Crippen MR) is 94.4 cm³/mol. The largest absolute Gasteiger partial charge is 0.396 e. The minimum absolute atomic E-state index is 0.124. The van der Waals surface area contributed by atoms with E-state index >= 15 is 0 Å². The fourth-order valence-electron chi connectivity index (χ4n) is 3.15. The molecule has 1 saturated heterocycles. The van der Waals surface area contributed by atoms with E-state index in [1.165, 1.54) is 5.56 Å². The van der Waals surface area contributed by atoms with Crippen LogP contribution in [0.25, 0.3) is 0 Å². The van der Waals surface area contributed by atoms with Crippen molar-refractivity contribution in [3.8, 4) is 0 Å². The zero-order valence-electron chi connectivity index (χ0n) is 13.8. The van der Waals surface area contributed by atoms with E-state index in [9.17, 15) is 9.90 Å². The Kier molecular flexibility index (Phi) is 5.75. The van der Waals surface area contributed by atoms with Crippen LogP contribution in [0.1, 0.15) is 22.3 Å². The Labute approximate surface area is 143 Å². The minimum atomic E-state index is 0.124.